The summed E-state index contributed by atoms with van der Waals surface area (Å²) in [5.41, 5.74) is 2.37. The van der Waals surface area contributed by atoms with Gasteiger partial charge in [0.05, 0.1) is 18.9 Å². The first-order valence-corrected chi connectivity index (χ1v) is 6.02. The number of halogens is 3. The largest absolute Gasteiger partial charge is 0.451 e. The van der Waals surface area contributed by atoms with Crippen LogP contribution in [-0.2, 0) is 19.3 Å². The van der Waals surface area contributed by atoms with E-state index < -0.39 is 12.0 Å². The minimum Gasteiger partial charge on any atom is -0.346 e. The smallest absolute Gasteiger partial charge is 0.346 e. The number of hydrogen-bond acceptors (Lipinski definition) is 7. The summed E-state index contributed by atoms with van der Waals surface area (Å²) in [5.74, 6) is 5.40. The fourth-order valence-corrected chi connectivity index (χ4v) is 2.14. The number of nitrogen functional groups attached to an aromatic ring is 1. The molecule has 3 rings (SSSR count). The van der Waals surface area contributed by atoms with Gasteiger partial charge in [0.25, 0.3) is 0 Å². The van der Waals surface area contributed by atoms with Crippen molar-refractivity contribution in [2.45, 2.75) is 19.3 Å². The van der Waals surface area contributed by atoms with Gasteiger partial charge >= 0.3 is 6.18 Å². The lowest BCUT2D eigenvalue weighted by Gasteiger charge is -2.28. The van der Waals surface area contributed by atoms with Crippen molar-refractivity contribution >= 4 is 11.6 Å². The van der Waals surface area contributed by atoms with Crippen molar-refractivity contribution in [1.29, 1.82) is 0 Å². The zero-order chi connectivity index (χ0) is 15.0. The summed E-state index contributed by atoms with van der Waals surface area (Å²) in [7, 11) is 0. The number of nitrogens with one attached hydrogen (secondary N) is 1. The highest BCUT2D eigenvalue weighted by Crippen LogP contribution is 2.30. The number of rotatable bonds is 2. The summed E-state index contributed by atoms with van der Waals surface area (Å²) in [6.45, 7) is 0.641. The van der Waals surface area contributed by atoms with Crippen molar-refractivity contribution in [2.24, 2.45) is 5.84 Å². The van der Waals surface area contributed by atoms with E-state index in [-0.39, 0.29) is 18.9 Å². The maximum atomic E-state index is 12.7. The Morgan fingerprint density at radius 3 is 2.71 bits per heavy atom. The lowest BCUT2D eigenvalue weighted by atomic mass is 10.3. The van der Waals surface area contributed by atoms with Crippen LogP contribution < -0.4 is 16.2 Å². The van der Waals surface area contributed by atoms with Crippen LogP contribution in [0.15, 0.2) is 12.4 Å². The molecule has 2 aromatic heterocycles. The van der Waals surface area contributed by atoms with Gasteiger partial charge in [-0.05, 0) is 0 Å². The van der Waals surface area contributed by atoms with E-state index in [0.717, 1.165) is 4.57 Å². The van der Waals surface area contributed by atoms with Gasteiger partial charge in [-0.1, -0.05) is 0 Å². The van der Waals surface area contributed by atoms with Crippen molar-refractivity contribution in [2.75, 3.05) is 16.9 Å². The third kappa shape index (κ3) is 2.46. The zero-order valence-electron chi connectivity index (χ0n) is 10.7. The summed E-state index contributed by atoms with van der Waals surface area (Å²) < 4.78 is 39.3. The molecule has 0 fully saturated rings. The number of fused-ring (bicyclic) bond motifs is 1. The lowest BCUT2D eigenvalue weighted by Crippen LogP contribution is -2.36. The third-order valence-corrected chi connectivity index (χ3v) is 3.10. The van der Waals surface area contributed by atoms with Crippen LogP contribution in [0.25, 0.3) is 0 Å². The molecule has 2 aromatic rings. The average molecular weight is 300 g/mol. The normalized spacial score (nSPS) is 15.0. The van der Waals surface area contributed by atoms with Crippen LogP contribution in [0.2, 0.25) is 0 Å². The van der Waals surface area contributed by atoms with Gasteiger partial charge in [-0.15, -0.1) is 10.2 Å². The molecular formula is C10H11F3N8. The number of hydrogen-bond donors (Lipinski definition) is 2. The van der Waals surface area contributed by atoms with Gasteiger partial charge in [-0.3, -0.25) is 4.98 Å². The van der Waals surface area contributed by atoms with Gasteiger partial charge in [0.15, 0.2) is 11.6 Å². The number of nitrogens with two attached hydrogens (primary N) is 1. The van der Waals surface area contributed by atoms with Gasteiger partial charge in [-0.2, -0.15) is 13.2 Å². The SMILES string of the molecule is NNc1cncc(N2CCn3c(nnc3C(F)(F)F)C2)n1. The molecule has 0 spiro atoms. The van der Waals surface area contributed by atoms with Gasteiger partial charge in [0.1, 0.15) is 5.82 Å². The molecule has 3 heterocycles. The molecule has 3 N–H and O–H groups in total. The molecule has 0 saturated heterocycles. The number of alkyl halides is 3. The second kappa shape index (κ2) is 4.84. The Labute approximate surface area is 116 Å². The van der Waals surface area contributed by atoms with E-state index in [0.29, 0.717) is 18.2 Å². The molecule has 11 heteroatoms. The van der Waals surface area contributed by atoms with E-state index in [4.69, 9.17) is 5.84 Å². The molecule has 21 heavy (non-hydrogen) atoms. The van der Waals surface area contributed by atoms with E-state index in [1.807, 2.05) is 0 Å². The highest BCUT2D eigenvalue weighted by atomic mass is 19.4. The highest BCUT2D eigenvalue weighted by Gasteiger charge is 2.39. The molecule has 0 bridgehead atoms. The first-order valence-electron chi connectivity index (χ1n) is 6.02. The van der Waals surface area contributed by atoms with E-state index >= 15 is 0 Å². The van der Waals surface area contributed by atoms with Crippen molar-refractivity contribution in [3.05, 3.63) is 24.0 Å². The first kappa shape index (κ1) is 13.5. The molecule has 0 aromatic carbocycles. The number of nitrogens with zero attached hydrogens (tertiary/aromatic N) is 6. The molecule has 0 atom stereocenters. The van der Waals surface area contributed by atoms with Gasteiger partial charge in [-0.25, -0.2) is 10.8 Å². The van der Waals surface area contributed by atoms with E-state index in [2.05, 4.69) is 25.6 Å². The van der Waals surface area contributed by atoms with Crippen LogP contribution in [0.4, 0.5) is 24.8 Å². The summed E-state index contributed by atoms with van der Waals surface area (Å²) in [4.78, 5) is 9.91. The Morgan fingerprint density at radius 2 is 2.00 bits per heavy atom. The maximum Gasteiger partial charge on any atom is 0.451 e. The summed E-state index contributed by atoms with van der Waals surface area (Å²) in [5, 5.41) is 6.83. The van der Waals surface area contributed by atoms with Crippen molar-refractivity contribution in [3.63, 3.8) is 0 Å². The van der Waals surface area contributed by atoms with Crippen LogP contribution in [0, 0.1) is 0 Å². The molecule has 0 amide bonds. The Kier molecular flexibility index (Phi) is 3.12. The van der Waals surface area contributed by atoms with Crippen LogP contribution in [0.3, 0.4) is 0 Å². The fraction of sp³-hybridized carbons (Fsp3) is 0.400. The number of hydrazine groups is 1. The second-order valence-electron chi connectivity index (χ2n) is 4.42. The molecule has 112 valence electrons. The Hall–Kier alpha value is -2.43. The topological polar surface area (TPSA) is 97.8 Å². The average Bonchev–Trinajstić information content (AvgIpc) is 2.90. The fourth-order valence-electron chi connectivity index (χ4n) is 2.14. The summed E-state index contributed by atoms with van der Waals surface area (Å²) in [6, 6.07) is 0. The number of anilines is 2. The van der Waals surface area contributed by atoms with E-state index in [1.165, 1.54) is 12.4 Å². The van der Waals surface area contributed by atoms with Crippen molar-refractivity contribution < 1.29 is 13.2 Å². The Bertz CT molecular complexity index is 652. The monoisotopic (exact) mass is 300 g/mol. The second-order valence-corrected chi connectivity index (χ2v) is 4.42. The Balaban J connectivity index is 1.86. The molecule has 1 aliphatic heterocycles. The van der Waals surface area contributed by atoms with Crippen molar-refractivity contribution in [3.8, 4) is 0 Å². The van der Waals surface area contributed by atoms with Crippen LogP contribution in [-0.4, -0.2) is 31.3 Å². The molecule has 0 radical (unpaired) electrons. The molecule has 1 aliphatic rings. The molecular weight excluding hydrogens is 289 g/mol. The zero-order valence-corrected chi connectivity index (χ0v) is 10.7. The molecule has 0 unspecified atom stereocenters. The predicted octanol–water partition coefficient (Wildman–Crippen LogP) is 0.393. The lowest BCUT2D eigenvalue weighted by molar-refractivity contribution is -0.147. The minimum absolute atomic E-state index is 0.124. The summed E-state index contributed by atoms with van der Waals surface area (Å²) >= 11 is 0. The summed E-state index contributed by atoms with van der Waals surface area (Å²) in [6.07, 6.45) is -1.55. The molecule has 8 nitrogen and oxygen atoms in total. The van der Waals surface area contributed by atoms with Crippen LogP contribution in [0.5, 0.6) is 0 Å². The third-order valence-electron chi connectivity index (χ3n) is 3.10. The minimum atomic E-state index is -4.50. The van der Waals surface area contributed by atoms with Gasteiger partial charge in [0.2, 0.25) is 5.82 Å². The van der Waals surface area contributed by atoms with Crippen LogP contribution >= 0.6 is 0 Å². The van der Waals surface area contributed by atoms with E-state index in [9.17, 15) is 13.2 Å². The van der Waals surface area contributed by atoms with Crippen LogP contribution in [0.1, 0.15) is 11.6 Å². The molecule has 0 saturated carbocycles. The quantitative estimate of drug-likeness (QED) is 0.611. The molecule has 0 aliphatic carbocycles. The van der Waals surface area contributed by atoms with Crippen molar-refractivity contribution in [1.82, 2.24) is 24.7 Å². The maximum absolute atomic E-state index is 12.7. The first-order chi connectivity index (χ1) is 9.99. The number of aromatic nitrogens is 5. The van der Waals surface area contributed by atoms with Gasteiger partial charge in [0, 0.05) is 13.1 Å². The standard InChI is InChI=1S/C10H11F3N8/c11-10(12,13)9-19-18-8-5-20(1-2-21(8)9)7-4-15-3-6(16-7)17-14/h3-4H,1-2,5,14H2,(H,16,17). The highest BCUT2D eigenvalue weighted by molar-refractivity contribution is 5.43. The van der Waals surface area contributed by atoms with E-state index in [1.54, 1.807) is 4.90 Å². The Morgan fingerprint density at radius 1 is 1.19 bits per heavy atom. The predicted molar refractivity (Wildman–Crippen MR) is 65.9 cm³/mol. The van der Waals surface area contributed by atoms with Gasteiger partial charge < -0.3 is 14.9 Å².